The maximum Gasteiger partial charge on any atom is 0.243 e. The third-order valence-corrected chi connectivity index (χ3v) is 2.05. The molecule has 5 heteroatoms. The highest BCUT2D eigenvalue weighted by molar-refractivity contribution is 4.94. The molecule has 0 fully saturated rings. The summed E-state index contributed by atoms with van der Waals surface area (Å²) in [5.74, 6) is 1.07. The Kier molecular flexibility index (Phi) is 4.71. The van der Waals surface area contributed by atoms with Crippen LogP contribution in [0.4, 0.5) is 0 Å². The molecule has 0 aliphatic heterocycles. The van der Waals surface area contributed by atoms with Gasteiger partial charge in [-0.15, -0.1) is 0 Å². The van der Waals surface area contributed by atoms with Gasteiger partial charge in [-0.05, 0) is 20.3 Å². The van der Waals surface area contributed by atoms with Gasteiger partial charge in [0.15, 0.2) is 0 Å². The van der Waals surface area contributed by atoms with E-state index in [-0.39, 0.29) is 12.1 Å². The quantitative estimate of drug-likeness (QED) is 0.782. The van der Waals surface area contributed by atoms with Crippen LogP contribution < -0.4 is 5.73 Å². The molecule has 1 heterocycles. The van der Waals surface area contributed by atoms with Gasteiger partial charge in [0.25, 0.3) is 0 Å². The molecule has 0 radical (unpaired) electrons. The van der Waals surface area contributed by atoms with E-state index in [9.17, 15) is 0 Å². The molecule has 1 aromatic rings. The van der Waals surface area contributed by atoms with Crippen molar-refractivity contribution in [3.63, 3.8) is 0 Å². The average Bonchev–Trinajstić information content (AvgIpc) is 2.66. The Morgan fingerprint density at radius 2 is 2.20 bits per heavy atom. The summed E-state index contributed by atoms with van der Waals surface area (Å²) < 4.78 is 10.6. The Labute approximate surface area is 90.0 Å². The minimum absolute atomic E-state index is 0.0729. The fourth-order valence-corrected chi connectivity index (χ4v) is 1.31. The smallest absolute Gasteiger partial charge is 0.243 e. The molecule has 0 bridgehead atoms. The average molecular weight is 213 g/mol. The lowest BCUT2D eigenvalue weighted by Crippen LogP contribution is -2.08. The van der Waals surface area contributed by atoms with Crippen molar-refractivity contribution >= 4 is 0 Å². The third-order valence-electron chi connectivity index (χ3n) is 2.05. The van der Waals surface area contributed by atoms with Crippen LogP contribution in [0.25, 0.3) is 0 Å². The SMILES string of the molecule is CCCC(OCC)c1noc([C@H](C)N)n1. The zero-order valence-corrected chi connectivity index (χ0v) is 9.56. The summed E-state index contributed by atoms with van der Waals surface area (Å²) in [7, 11) is 0. The van der Waals surface area contributed by atoms with Gasteiger partial charge in [0.1, 0.15) is 6.10 Å². The van der Waals surface area contributed by atoms with Crippen molar-refractivity contribution in [2.45, 2.75) is 45.8 Å². The first-order chi connectivity index (χ1) is 7.19. The Morgan fingerprint density at radius 3 is 2.67 bits per heavy atom. The number of ether oxygens (including phenoxy) is 1. The molecule has 0 saturated heterocycles. The largest absolute Gasteiger partial charge is 0.370 e. The zero-order valence-electron chi connectivity index (χ0n) is 9.56. The first-order valence-corrected chi connectivity index (χ1v) is 5.39. The molecule has 1 unspecified atom stereocenters. The summed E-state index contributed by atoms with van der Waals surface area (Å²) in [5.41, 5.74) is 5.64. The standard InChI is InChI=1S/C10H19N3O2/c1-4-6-8(14-5-2)9-12-10(7(3)11)15-13-9/h7-8H,4-6,11H2,1-3H3/t7-,8?/m0/s1. The van der Waals surface area contributed by atoms with E-state index in [0.717, 1.165) is 12.8 Å². The van der Waals surface area contributed by atoms with Crippen molar-refractivity contribution in [3.8, 4) is 0 Å². The van der Waals surface area contributed by atoms with Crippen LogP contribution in [0.5, 0.6) is 0 Å². The van der Waals surface area contributed by atoms with Crippen LogP contribution in [-0.2, 0) is 4.74 Å². The molecule has 2 atom stereocenters. The Balaban J connectivity index is 2.72. The van der Waals surface area contributed by atoms with E-state index in [1.807, 2.05) is 13.8 Å². The monoisotopic (exact) mass is 213 g/mol. The molecule has 0 aromatic carbocycles. The van der Waals surface area contributed by atoms with Gasteiger partial charge in [0.05, 0.1) is 6.04 Å². The van der Waals surface area contributed by atoms with Crippen molar-refractivity contribution in [3.05, 3.63) is 11.7 Å². The van der Waals surface area contributed by atoms with Gasteiger partial charge in [-0.3, -0.25) is 0 Å². The van der Waals surface area contributed by atoms with E-state index in [1.165, 1.54) is 0 Å². The minimum Gasteiger partial charge on any atom is -0.370 e. The van der Waals surface area contributed by atoms with Crippen LogP contribution >= 0.6 is 0 Å². The van der Waals surface area contributed by atoms with Gasteiger partial charge in [0.2, 0.25) is 11.7 Å². The second kappa shape index (κ2) is 5.82. The van der Waals surface area contributed by atoms with Crippen LogP contribution in [0, 0.1) is 0 Å². The number of rotatable bonds is 6. The molecule has 2 N–H and O–H groups in total. The van der Waals surface area contributed by atoms with E-state index in [1.54, 1.807) is 0 Å². The molecular weight excluding hydrogens is 194 g/mol. The number of nitrogens with zero attached hydrogens (tertiary/aromatic N) is 2. The van der Waals surface area contributed by atoms with Gasteiger partial charge in [-0.25, -0.2) is 0 Å². The number of hydrogen-bond donors (Lipinski definition) is 1. The molecule has 1 aromatic heterocycles. The van der Waals surface area contributed by atoms with Crippen molar-refractivity contribution in [1.82, 2.24) is 10.1 Å². The van der Waals surface area contributed by atoms with Gasteiger partial charge >= 0.3 is 0 Å². The zero-order chi connectivity index (χ0) is 11.3. The summed E-state index contributed by atoms with van der Waals surface area (Å²) in [6.45, 7) is 6.51. The molecule has 15 heavy (non-hydrogen) atoms. The maximum absolute atomic E-state index is 5.64. The highest BCUT2D eigenvalue weighted by Gasteiger charge is 2.18. The highest BCUT2D eigenvalue weighted by atomic mass is 16.5. The molecule has 1 rings (SSSR count). The predicted octanol–water partition coefficient (Wildman–Crippen LogP) is 1.97. The second-order valence-electron chi connectivity index (χ2n) is 3.51. The predicted molar refractivity (Wildman–Crippen MR) is 56.2 cm³/mol. The molecule has 0 spiro atoms. The molecule has 0 saturated carbocycles. The first-order valence-electron chi connectivity index (χ1n) is 5.39. The number of hydrogen-bond acceptors (Lipinski definition) is 5. The summed E-state index contributed by atoms with van der Waals surface area (Å²) in [6.07, 6.45) is 1.84. The first kappa shape index (κ1) is 12.1. The normalized spacial score (nSPS) is 15.2. The Morgan fingerprint density at radius 1 is 1.47 bits per heavy atom. The van der Waals surface area contributed by atoms with Crippen LogP contribution in [0.2, 0.25) is 0 Å². The van der Waals surface area contributed by atoms with E-state index in [2.05, 4.69) is 17.1 Å². The molecular formula is C10H19N3O2. The fourth-order valence-electron chi connectivity index (χ4n) is 1.31. The molecule has 5 nitrogen and oxygen atoms in total. The van der Waals surface area contributed by atoms with Gasteiger partial charge in [-0.2, -0.15) is 4.98 Å². The summed E-state index contributed by atoms with van der Waals surface area (Å²) in [5, 5.41) is 3.88. The summed E-state index contributed by atoms with van der Waals surface area (Å²) in [6, 6.07) is -0.227. The maximum atomic E-state index is 5.64. The van der Waals surface area contributed by atoms with Gasteiger partial charge in [0, 0.05) is 6.61 Å². The second-order valence-corrected chi connectivity index (χ2v) is 3.51. The Hall–Kier alpha value is -0.940. The minimum atomic E-state index is -0.227. The lowest BCUT2D eigenvalue weighted by molar-refractivity contribution is 0.0477. The van der Waals surface area contributed by atoms with Crippen molar-refractivity contribution in [2.24, 2.45) is 5.73 Å². The van der Waals surface area contributed by atoms with Crippen LogP contribution in [0.15, 0.2) is 4.52 Å². The lowest BCUT2D eigenvalue weighted by atomic mass is 10.2. The van der Waals surface area contributed by atoms with Crippen LogP contribution in [-0.4, -0.2) is 16.7 Å². The van der Waals surface area contributed by atoms with Gasteiger partial charge in [-0.1, -0.05) is 18.5 Å². The van der Waals surface area contributed by atoms with Crippen molar-refractivity contribution < 1.29 is 9.26 Å². The topological polar surface area (TPSA) is 74.2 Å². The van der Waals surface area contributed by atoms with Crippen molar-refractivity contribution in [2.75, 3.05) is 6.61 Å². The van der Waals surface area contributed by atoms with Crippen LogP contribution in [0.1, 0.15) is 57.5 Å². The van der Waals surface area contributed by atoms with E-state index < -0.39 is 0 Å². The van der Waals surface area contributed by atoms with E-state index in [4.69, 9.17) is 15.0 Å². The third kappa shape index (κ3) is 3.28. The molecule has 0 aliphatic carbocycles. The number of nitrogens with two attached hydrogens (primary N) is 1. The molecule has 0 aliphatic rings. The molecule has 86 valence electrons. The Bertz CT molecular complexity index is 280. The highest BCUT2D eigenvalue weighted by Crippen LogP contribution is 2.20. The lowest BCUT2D eigenvalue weighted by Gasteiger charge is -2.11. The van der Waals surface area contributed by atoms with Crippen molar-refractivity contribution in [1.29, 1.82) is 0 Å². The summed E-state index contributed by atoms with van der Waals surface area (Å²) >= 11 is 0. The number of aromatic nitrogens is 2. The van der Waals surface area contributed by atoms with E-state index in [0.29, 0.717) is 18.3 Å². The van der Waals surface area contributed by atoms with E-state index >= 15 is 0 Å². The van der Waals surface area contributed by atoms with Gasteiger partial charge < -0.3 is 15.0 Å². The van der Waals surface area contributed by atoms with Crippen LogP contribution in [0.3, 0.4) is 0 Å². The molecule has 0 amide bonds. The fraction of sp³-hybridized carbons (Fsp3) is 0.800. The summed E-state index contributed by atoms with van der Waals surface area (Å²) in [4.78, 5) is 4.22.